The van der Waals surface area contributed by atoms with Crippen molar-refractivity contribution in [3.63, 3.8) is 0 Å². The number of pyridine rings is 1. The van der Waals surface area contributed by atoms with Gasteiger partial charge in [0.1, 0.15) is 18.0 Å². The topological polar surface area (TPSA) is 113 Å². The number of hydroxylamine groups is 1. The Morgan fingerprint density at radius 3 is 2.87 bits per heavy atom. The van der Waals surface area contributed by atoms with Crippen molar-refractivity contribution in [3.05, 3.63) is 54.1 Å². The number of hydrogen-bond acceptors (Lipinski definition) is 7. The van der Waals surface area contributed by atoms with Gasteiger partial charge in [-0.15, -0.1) is 0 Å². The third-order valence-electron chi connectivity index (χ3n) is 4.92. The van der Waals surface area contributed by atoms with Gasteiger partial charge in [-0.1, -0.05) is 6.07 Å². The monoisotopic (exact) mass is 428 g/mol. The largest absolute Gasteiger partial charge is 0.442 e. The first kappa shape index (κ1) is 20.8. The number of ether oxygens (including phenoxy) is 1. The van der Waals surface area contributed by atoms with Crippen LogP contribution in [0.5, 0.6) is 0 Å². The molecule has 9 nitrogen and oxygen atoms in total. The lowest BCUT2D eigenvalue weighted by Gasteiger charge is -2.14. The van der Waals surface area contributed by atoms with Crippen LogP contribution in [0.15, 0.2) is 42.6 Å². The molecule has 162 valence electrons. The molecule has 2 aliphatic heterocycles. The number of hydrogen-bond donors (Lipinski definition) is 3. The zero-order valence-corrected chi connectivity index (χ0v) is 16.7. The molecule has 2 amide bonds. The number of aliphatic hydroxyl groups is 1. The van der Waals surface area contributed by atoms with E-state index in [1.54, 1.807) is 30.3 Å². The van der Waals surface area contributed by atoms with Gasteiger partial charge in [-0.3, -0.25) is 25.0 Å². The van der Waals surface area contributed by atoms with Crippen molar-refractivity contribution < 1.29 is 28.7 Å². The molecule has 3 heterocycles. The van der Waals surface area contributed by atoms with Gasteiger partial charge in [-0.2, -0.15) is 0 Å². The molecule has 10 heteroatoms. The SMILES string of the molecule is CC(=O)NC[C@H]1CN(c2ccc(-c3ccc(C4=C[C@@H](CO)ON4)nc3)c(F)c2)C(=O)O1. The molecule has 0 bridgehead atoms. The van der Waals surface area contributed by atoms with Crippen LogP contribution >= 0.6 is 0 Å². The van der Waals surface area contributed by atoms with E-state index in [0.29, 0.717) is 28.2 Å². The van der Waals surface area contributed by atoms with Gasteiger partial charge in [0.05, 0.1) is 36.8 Å². The van der Waals surface area contributed by atoms with Crippen molar-refractivity contribution >= 4 is 23.4 Å². The summed E-state index contributed by atoms with van der Waals surface area (Å²) >= 11 is 0. The quantitative estimate of drug-likeness (QED) is 0.640. The number of rotatable bonds is 6. The van der Waals surface area contributed by atoms with Gasteiger partial charge < -0.3 is 15.2 Å². The fourth-order valence-electron chi connectivity index (χ4n) is 3.34. The Bertz CT molecular complexity index is 1030. The van der Waals surface area contributed by atoms with E-state index >= 15 is 0 Å². The minimum atomic E-state index is -0.589. The second-order valence-electron chi connectivity index (χ2n) is 7.17. The minimum absolute atomic E-state index is 0.148. The predicted molar refractivity (Wildman–Crippen MR) is 109 cm³/mol. The lowest BCUT2D eigenvalue weighted by atomic mass is 10.1. The molecule has 4 rings (SSSR count). The zero-order chi connectivity index (χ0) is 22.0. The highest BCUT2D eigenvalue weighted by Gasteiger charge is 2.32. The Morgan fingerprint density at radius 1 is 1.39 bits per heavy atom. The highest BCUT2D eigenvalue weighted by molar-refractivity contribution is 5.90. The van der Waals surface area contributed by atoms with Crippen LogP contribution in [0.25, 0.3) is 16.8 Å². The third kappa shape index (κ3) is 4.49. The molecule has 1 fully saturated rings. The van der Waals surface area contributed by atoms with E-state index < -0.39 is 24.1 Å². The number of cyclic esters (lactones) is 1. The molecular formula is C21H21FN4O5. The van der Waals surface area contributed by atoms with E-state index in [9.17, 15) is 14.0 Å². The molecule has 1 aromatic carbocycles. The smallest absolute Gasteiger partial charge is 0.414 e. The van der Waals surface area contributed by atoms with Gasteiger partial charge in [0.25, 0.3) is 0 Å². The molecule has 2 aromatic rings. The molecule has 3 N–H and O–H groups in total. The van der Waals surface area contributed by atoms with Crippen molar-refractivity contribution in [3.8, 4) is 11.1 Å². The van der Waals surface area contributed by atoms with Crippen LogP contribution in [0.2, 0.25) is 0 Å². The molecule has 1 saturated heterocycles. The van der Waals surface area contributed by atoms with Crippen LogP contribution in [0, 0.1) is 5.82 Å². The van der Waals surface area contributed by atoms with Crippen molar-refractivity contribution in [1.29, 1.82) is 0 Å². The van der Waals surface area contributed by atoms with E-state index in [0.717, 1.165) is 0 Å². The van der Waals surface area contributed by atoms with E-state index in [1.165, 1.54) is 24.1 Å². The number of carbonyl (C=O) groups excluding carboxylic acids is 2. The molecule has 0 unspecified atom stereocenters. The first-order valence-corrected chi connectivity index (χ1v) is 9.68. The number of nitrogens with one attached hydrogen (secondary N) is 2. The summed E-state index contributed by atoms with van der Waals surface area (Å²) in [5.74, 6) is -0.725. The Morgan fingerprint density at radius 2 is 2.23 bits per heavy atom. The predicted octanol–water partition coefficient (Wildman–Crippen LogP) is 1.59. The lowest BCUT2D eigenvalue weighted by Crippen LogP contribution is -2.33. The van der Waals surface area contributed by atoms with Crippen molar-refractivity contribution in [2.45, 2.75) is 19.1 Å². The third-order valence-corrected chi connectivity index (χ3v) is 4.92. The molecule has 0 spiro atoms. The normalized spacial score (nSPS) is 20.3. The van der Waals surface area contributed by atoms with E-state index in [2.05, 4.69) is 15.8 Å². The van der Waals surface area contributed by atoms with Crippen molar-refractivity contribution in [1.82, 2.24) is 15.8 Å². The number of aromatic nitrogens is 1. The average Bonchev–Trinajstić information content (AvgIpc) is 3.39. The summed E-state index contributed by atoms with van der Waals surface area (Å²) in [6, 6.07) is 7.92. The summed E-state index contributed by atoms with van der Waals surface area (Å²) in [7, 11) is 0. The van der Waals surface area contributed by atoms with Gasteiger partial charge in [0, 0.05) is 24.2 Å². The number of anilines is 1. The first-order valence-electron chi connectivity index (χ1n) is 9.68. The van der Waals surface area contributed by atoms with Gasteiger partial charge in [-0.05, 0) is 30.3 Å². The maximum Gasteiger partial charge on any atom is 0.414 e. The Hall–Kier alpha value is -3.50. The summed E-state index contributed by atoms with van der Waals surface area (Å²) in [4.78, 5) is 34.0. The summed E-state index contributed by atoms with van der Waals surface area (Å²) in [6.45, 7) is 1.65. The van der Waals surface area contributed by atoms with Gasteiger partial charge >= 0.3 is 6.09 Å². The van der Waals surface area contributed by atoms with Crippen LogP contribution in [-0.4, -0.2) is 54.0 Å². The molecule has 1 aromatic heterocycles. The molecular weight excluding hydrogens is 407 g/mol. The number of carbonyl (C=O) groups is 2. The van der Waals surface area contributed by atoms with E-state index in [4.69, 9.17) is 14.7 Å². The van der Waals surface area contributed by atoms with Crippen LogP contribution < -0.4 is 15.7 Å². The standard InChI is InChI=1S/C21H21FN4O5/c1-12(28)23-9-16-10-26(21(29)30-16)14-3-4-17(18(22)6-14)13-2-5-19(24-8-13)20-7-15(11-27)31-25-20/h2-8,15-16,25,27H,9-11H2,1H3,(H,23,28)/t15-,16-/m0/s1. The van der Waals surface area contributed by atoms with Gasteiger partial charge in [0.2, 0.25) is 5.91 Å². The Labute approximate surface area is 177 Å². The van der Waals surface area contributed by atoms with Crippen LogP contribution in [0.3, 0.4) is 0 Å². The zero-order valence-electron chi connectivity index (χ0n) is 16.7. The molecule has 31 heavy (non-hydrogen) atoms. The average molecular weight is 428 g/mol. The number of halogens is 1. The maximum absolute atomic E-state index is 14.8. The second-order valence-corrected chi connectivity index (χ2v) is 7.17. The molecule has 0 radical (unpaired) electrons. The van der Waals surface area contributed by atoms with Crippen molar-refractivity contribution in [2.24, 2.45) is 0 Å². The first-order chi connectivity index (χ1) is 14.9. The Balaban J connectivity index is 1.48. The highest BCUT2D eigenvalue weighted by Crippen LogP contribution is 2.29. The minimum Gasteiger partial charge on any atom is -0.442 e. The summed E-state index contributed by atoms with van der Waals surface area (Å²) in [5.41, 5.74) is 5.20. The summed E-state index contributed by atoms with van der Waals surface area (Å²) in [5, 5.41) is 11.7. The van der Waals surface area contributed by atoms with Crippen molar-refractivity contribution in [2.75, 3.05) is 24.6 Å². The number of aliphatic hydroxyl groups excluding tert-OH is 1. The molecule has 2 atom stereocenters. The second kappa shape index (κ2) is 8.70. The molecule has 0 aliphatic carbocycles. The van der Waals surface area contributed by atoms with E-state index in [1.807, 2.05) is 0 Å². The van der Waals surface area contributed by atoms with E-state index in [-0.39, 0.29) is 25.6 Å². The number of amides is 2. The van der Waals surface area contributed by atoms with Gasteiger partial charge in [0.15, 0.2) is 0 Å². The summed E-state index contributed by atoms with van der Waals surface area (Å²) < 4.78 is 20.0. The van der Waals surface area contributed by atoms with Crippen LogP contribution in [-0.2, 0) is 14.4 Å². The fraction of sp³-hybridized carbons (Fsp3) is 0.286. The van der Waals surface area contributed by atoms with Crippen LogP contribution in [0.4, 0.5) is 14.9 Å². The van der Waals surface area contributed by atoms with Gasteiger partial charge in [-0.25, -0.2) is 9.18 Å². The molecule has 2 aliphatic rings. The Kier molecular flexibility index (Phi) is 5.83. The fourth-order valence-corrected chi connectivity index (χ4v) is 3.34. The number of nitrogens with zero attached hydrogens (tertiary/aromatic N) is 2. The maximum atomic E-state index is 14.8. The lowest BCUT2D eigenvalue weighted by molar-refractivity contribution is -0.119. The summed E-state index contributed by atoms with van der Waals surface area (Å²) in [6.07, 6.45) is 1.73. The van der Waals surface area contributed by atoms with Crippen LogP contribution in [0.1, 0.15) is 12.6 Å². The highest BCUT2D eigenvalue weighted by atomic mass is 19.1. The molecule has 0 saturated carbocycles. The number of benzene rings is 1.